The first kappa shape index (κ1) is 31.0. The molecule has 0 radical (unpaired) electrons. The van der Waals surface area contributed by atoms with Gasteiger partial charge in [0, 0.05) is 45.1 Å². The number of aromatic nitrogens is 2. The lowest BCUT2D eigenvalue weighted by molar-refractivity contribution is 0.148. The van der Waals surface area contributed by atoms with E-state index < -0.39 is 0 Å². The summed E-state index contributed by atoms with van der Waals surface area (Å²) in [6.45, 7) is 21.9. The maximum absolute atomic E-state index is 4.04. The molecule has 1 aromatic carbocycles. The quantitative estimate of drug-likeness (QED) is 0.445. The Morgan fingerprint density at radius 2 is 1.23 bits per heavy atom. The molecule has 176 valence electrons. The predicted molar refractivity (Wildman–Crippen MR) is 140 cm³/mol. The molecule has 0 amide bonds. The van der Waals surface area contributed by atoms with Gasteiger partial charge in [0.2, 0.25) is 0 Å². The average Bonchev–Trinajstić information content (AvgIpc) is 3.36. The summed E-state index contributed by atoms with van der Waals surface area (Å²) in [7, 11) is 2.19. The molecule has 3 aromatic rings. The van der Waals surface area contributed by atoms with E-state index in [0.29, 0.717) is 0 Å². The van der Waals surface area contributed by atoms with Crippen LogP contribution in [0, 0.1) is 0 Å². The molecule has 0 atom stereocenters. The molecule has 0 spiro atoms. The maximum atomic E-state index is 4.04. The number of hydrogen-bond acceptors (Lipinski definition) is 3. The Hall–Kier alpha value is -2.17. The Balaban J connectivity index is 0. The van der Waals surface area contributed by atoms with E-state index in [1.807, 2.05) is 90.4 Å². The zero-order valence-electron chi connectivity index (χ0n) is 21.7. The van der Waals surface area contributed by atoms with Gasteiger partial charge in [-0.05, 0) is 30.8 Å². The van der Waals surface area contributed by atoms with Crippen molar-refractivity contribution < 1.29 is 0 Å². The van der Waals surface area contributed by atoms with E-state index in [9.17, 15) is 0 Å². The van der Waals surface area contributed by atoms with E-state index in [0.717, 1.165) is 12.1 Å². The van der Waals surface area contributed by atoms with Gasteiger partial charge in [0.25, 0.3) is 0 Å². The second kappa shape index (κ2) is 22.5. The summed E-state index contributed by atoms with van der Waals surface area (Å²) in [4.78, 5) is 4.91. The first-order chi connectivity index (χ1) is 15.3. The normalized spacial score (nSPS) is 12.7. The molecule has 1 aliphatic rings. The Bertz CT molecular complexity index is 671. The van der Waals surface area contributed by atoms with Crippen molar-refractivity contribution in [1.29, 1.82) is 0 Å². The minimum absolute atomic E-state index is 1.11. The summed E-state index contributed by atoms with van der Waals surface area (Å²) in [5.74, 6) is 0. The van der Waals surface area contributed by atoms with Gasteiger partial charge in [-0.15, -0.1) is 0 Å². The van der Waals surface area contributed by atoms with Gasteiger partial charge >= 0.3 is 0 Å². The fourth-order valence-corrected chi connectivity index (χ4v) is 2.71. The van der Waals surface area contributed by atoms with Crippen molar-refractivity contribution in [3.63, 3.8) is 0 Å². The lowest BCUT2D eigenvalue weighted by Crippen LogP contribution is -2.43. The molecule has 4 heteroatoms. The molecule has 4 rings (SSSR count). The summed E-state index contributed by atoms with van der Waals surface area (Å²) in [6.07, 6.45) is 3.71. The zero-order valence-corrected chi connectivity index (χ0v) is 21.7. The number of fused-ring (bicyclic) bond motifs is 1. The van der Waals surface area contributed by atoms with Crippen LogP contribution in [0.5, 0.6) is 0 Å². The standard InChI is InChI=1S/C12H18N2.C7H6N2.4C2H6/c1-13-7-9-14(10-8-13)11-12-5-3-2-4-6-12;1-2-6-9-7(3-1)4-5-8-9;4*1-2/h2-6H,7-11H2,1H3;1-6H;4*1-2H3. The average molecular weight is 429 g/mol. The van der Waals surface area contributed by atoms with Gasteiger partial charge in [-0.25, -0.2) is 4.52 Å². The molecule has 1 aliphatic heterocycles. The van der Waals surface area contributed by atoms with Gasteiger partial charge in [-0.1, -0.05) is 91.8 Å². The largest absolute Gasteiger partial charge is 0.304 e. The van der Waals surface area contributed by atoms with Gasteiger partial charge in [-0.2, -0.15) is 5.10 Å². The van der Waals surface area contributed by atoms with E-state index in [-0.39, 0.29) is 0 Å². The van der Waals surface area contributed by atoms with Crippen molar-refractivity contribution in [2.75, 3.05) is 33.2 Å². The van der Waals surface area contributed by atoms with Crippen molar-refractivity contribution in [3.05, 3.63) is 72.6 Å². The summed E-state index contributed by atoms with van der Waals surface area (Å²) < 4.78 is 1.83. The van der Waals surface area contributed by atoms with Crippen LogP contribution in [0.15, 0.2) is 67.0 Å². The Morgan fingerprint density at radius 1 is 0.677 bits per heavy atom. The van der Waals surface area contributed by atoms with E-state index in [1.165, 1.54) is 31.7 Å². The summed E-state index contributed by atoms with van der Waals surface area (Å²) in [5.41, 5.74) is 2.56. The molecule has 0 aliphatic carbocycles. The molecule has 3 heterocycles. The van der Waals surface area contributed by atoms with E-state index in [1.54, 1.807) is 6.20 Å². The monoisotopic (exact) mass is 428 g/mol. The van der Waals surface area contributed by atoms with Gasteiger partial charge in [0.15, 0.2) is 0 Å². The third kappa shape index (κ3) is 13.7. The third-order valence-electron chi connectivity index (χ3n) is 4.15. The fourth-order valence-electron chi connectivity index (χ4n) is 2.71. The number of piperazine rings is 1. The molecule has 0 bridgehead atoms. The first-order valence-corrected chi connectivity index (χ1v) is 12.1. The highest BCUT2D eigenvalue weighted by Crippen LogP contribution is 2.06. The number of nitrogens with zero attached hydrogens (tertiary/aromatic N) is 4. The Labute approximate surface area is 192 Å². The lowest BCUT2D eigenvalue weighted by Gasteiger charge is -2.32. The van der Waals surface area contributed by atoms with Crippen molar-refractivity contribution in [2.45, 2.75) is 61.9 Å². The van der Waals surface area contributed by atoms with Crippen LogP contribution in [-0.2, 0) is 6.54 Å². The van der Waals surface area contributed by atoms with Crippen LogP contribution in [0.25, 0.3) is 5.52 Å². The van der Waals surface area contributed by atoms with Gasteiger partial charge in [-0.3, -0.25) is 4.90 Å². The second-order valence-electron chi connectivity index (χ2n) is 5.97. The van der Waals surface area contributed by atoms with Crippen molar-refractivity contribution >= 4 is 5.52 Å². The first-order valence-electron chi connectivity index (χ1n) is 12.1. The molecule has 0 unspecified atom stereocenters. The van der Waals surface area contributed by atoms with Gasteiger partial charge in [0.1, 0.15) is 0 Å². The highest BCUT2D eigenvalue weighted by molar-refractivity contribution is 5.44. The minimum Gasteiger partial charge on any atom is -0.304 e. The van der Waals surface area contributed by atoms with Crippen molar-refractivity contribution in [3.8, 4) is 0 Å². The lowest BCUT2D eigenvalue weighted by atomic mass is 10.2. The number of rotatable bonds is 2. The van der Waals surface area contributed by atoms with E-state index >= 15 is 0 Å². The maximum Gasteiger partial charge on any atom is 0.0661 e. The number of pyridine rings is 1. The fraction of sp³-hybridized carbons (Fsp3) is 0.519. The summed E-state index contributed by atoms with van der Waals surface area (Å²) >= 11 is 0. The van der Waals surface area contributed by atoms with Crippen LogP contribution in [0.2, 0.25) is 0 Å². The minimum atomic E-state index is 1.11. The topological polar surface area (TPSA) is 23.8 Å². The molecular formula is C27H48N4. The Morgan fingerprint density at radius 3 is 1.77 bits per heavy atom. The molecule has 1 fully saturated rings. The van der Waals surface area contributed by atoms with Crippen LogP contribution in [-0.4, -0.2) is 52.6 Å². The van der Waals surface area contributed by atoms with Crippen LogP contribution in [0.3, 0.4) is 0 Å². The van der Waals surface area contributed by atoms with Gasteiger partial charge < -0.3 is 4.90 Å². The van der Waals surface area contributed by atoms with Crippen molar-refractivity contribution in [2.24, 2.45) is 0 Å². The second-order valence-corrected chi connectivity index (χ2v) is 5.97. The molecule has 0 saturated carbocycles. The number of benzene rings is 1. The highest BCUT2D eigenvalue weighted by atomic mass is 15.2. The Kier molecular flexibility index (Phi) is 22.5. The SMILES string of the molecule is CC.CC.CC.CC.CN1CCN(Cc2ccccc2)CC1.c1ccn2nccc2c1. The molecular weight excluding hydrogens is 380 g/mol. The van der Waals surface area contributed by atoms with Crippen molar-refractivity contribution in [1.82, 2.24) is 19.4 Å². The summed E-state index contributed by atoms with van der Waals surface area (Å²) in [6, 6.07) is 18.7. The molecule has 1 saturated heterocycles. The molecule has 0 N–H and O–H groups in total. The predicted octanol–water partition coefficient (Wildman–Crippen LogP) is 6.87. The van der Waals surface area contributed by atoms with E-state index in [2.05, 4.69) is 52.3 Å². The highest BCUT2D eigenvalue weighted by Gasteiger charge is 2.13. The van der Waals surface area contributed by atoms with Crippen LogP contribution < -0.4 is 0 Å². The summed E-state index contributed by atoms with van der Waals surface area (Å²) in [5, 5.41) is 4.04. The number of likely N-dealkylation sites (N-methyl/N-ethyl adjacent to an activating group) is 1. The number of hydrogen-bond donors (Lipinski definition) is 0. The zero-order chi connectivity index (χ0) is 23.9. The molecule has 31 heavy (non-hydrogen) atoms. The smallest absolute Gasteiger partial charge is 0.0661 e. The third-order valence-corrected chi connectivity index (χ3v) is 4.15. The van der Waals surface area contributed by atoms with Gasteiger partial charge in [0.05, 0.1) is 5.52 Å². The van der Waals surface area contributed by atoms with E-state index in [4.69, 9.17) is 0 Å². The van der Waals surface area contributed by atoms with Crippen LogP contribution >= 0.6 is 0 Å². The van der Waals surface area contributed by atoms with Crippen LogP contribution in [0.4, 0.5) is 0 Å². The van der Waals surface area contributed by atoms with Crippen LogP contribution in [0.1, 0.15) is 61.0 Å². The molecule has 2 aromatic heterocycles. The molecule has 4 nitrogen and oxygen atoms in total.